The number of allylic oxidation sites excluding steroid dienone is 1. The van der Waals surface area contributed by atoms with Crippen molar-refractivity contribution in [3.63, 3.8) is 0 Å². The Hall–Kier alpha value is -4.85. The van der Waals surface area contributed by atoms with Crippen LogP contribution < -0.4 is 15.0 Å². The van der Waals surface area contributed by atoms with Gasteiger partial charge in [0.15, 0.2) is 0 Å². The molecule has 3 aromatic carbocycles. The zero-order chi connectivity index (χ0) is 29.5. The van der Waals surface area contributed by atoms with Gasteiger partial charge >= 0.3 is 6.03 Å². The Morgan fingerprint density at radius 1 is 1.02 bits per heavy atom. The number of nitrogens with zero attached hydrogens (tertiary/aromatic N) is 2. The average molecular weight is 575 g/mol. The molecule has 1 saturated heterocycles. The number of benzene rings is 3. The van der Waals surface area contributed by atoms with Crippen molar-refractivity contribution in [3.8, 4) is 5.75 Å². The Balaban J connectivity index is 1.17. The third-order valence-corrected chi connectivity index (χ3v) is 8.96. The minimum atomic E-state index is -0.660. The molecule has 2 unspecified atom stereocenters. The summed E-state index contributed by atoms with van der Waals surface area (Å²) in [6.07, 6.45) is 8.27. The van der Waals surface area contributed by atoms with Crippen LogP contribution in [-0.2, 0) is 11.2 Å². The molecule has 3 aliphatic rings. The van der Waals surface area contributed by atoms with Crippen LogP contribution >= 0.6 is 0 Å². The van der Waals surface area contributed by atoms with Crippen molar-refractivity contribution in [2.75, 3.05) is 18.6 Å². The molecule has 0 saturated carbocycles. The van der Waals surface area contributed by atoms with Crippen LogP contribution in [0.3, 0.4) is 0 Å². The third-order valence-electron chi connectivity index (χ3n) is 8.96. The maximum atomic E-state index is 14.1. The number of anilines is 1. The highest BCUT2D eigenvalue weighted by atomic mass is 16.5. The van der Waals surface area contributed by atoms with E-state index in [1.807, 2.05) is 42.5 Å². The van der Waals surface area contributed by atoms with Crippen LogP contribution in [0.4, 0.5) is 10.5 Å². The van der Waals surface area contributed by atoms with Crippen LogP contribution in [0.15, 0.2) is 84.4 Å². The van der Waals surface area contributed by atoms with E-state index in [0.29, 0.717) is 30.0 Å². The first kappa shape index (κ1) is 27.0. The van der Waals surface area contributed by atoms with Crippen molar-refractivity contribution < 1.29 is 19.1 Å². The highest BCUT2D eigenvalue weighted by molar-refractivity contribution is 6.22. The van der Waals surface area contributed by atoms with E-state index in [1.54, 1.807) is 36.3 Å². The van der Waals surface area contributed by atoms with Gasteiger partial charge in [-0.3, -0.25) is 14.5 Å². The van der Waals surface area contributed by atoms with E-state index in [1.165, 1.54) is 23.3 Å². The number of carbonyl (C=O) groups is 3. The average Bonchev–Trinajstić information content (AvgIpc) is 3.54. The minimum absolute atomic E-state index is 0.164. The molecule has 2 atom stereocenters. The predicted molar refractivity (Wildman–Crippen MR) is 165 cm³/mol. The third kappa shape index (κ3) is 4.76. The second kappa shape index (κ2) is 11.1. The first-order chi connectivity index (χ1) is 21.0. The molecule has 4 aromatic rings. The standard InChI is InChI=1S/C35H34N4O4/c1-43-26-11-7-10-24(20-26)32-31-28(27-12-5-6-13-29(27)37-31)21-30-34(41)38(35(42)39(30)32)25-16-14-23(15-17-25)33(40)36-19-18-22-8-3-2-4-9-22/h5-8,10-17,20,30,32,37H,2-4,9,18-19,21H2,1H3,(H,36,40). The second-order valence-electron chi connectivity index (χ2n) is 11.5. The van der Waals surface area contributed by atoms with Crippen molar-refractivity contribution in [2.24, 2.45) is 0 Å². The topological polar surface area (TPSA) is 94.7 Å². The van der Waals surface area contributed by atoms with E-state index in [-0.39, 0.29) is 17.8 Å². The molecule has 3 heterocycles. The molecule has 218 valence electrons. The molecule has 1 aliphatic carbocycles. The van der Waals surface area contributed by atoms with Gasteiger partial charge in [0.25, 0.3) is 11.8 Å². The highest BCUT2D eigenvalue weighted by Gasteiger charge is 2.53. The van der Waals surface area contributed by atoms with Gasteiger partial charge in [0.2, 0.25) is 0 Å². The summed E-state index contributed by atoms with van der Waals surface area (Å²) < 4.78 is 5.50. The van der Waals surface area contributed by atoms with E-state index < -0.39 is 12.1 Å². The van der Waals surface area contributed by atoms with Crippen molar-refractivity contribution in [3.05, 3.63) is 107 Å². The molecule has 1 fully saturated rings. The van der Waals surface area contributed by atoms with Gasteiger partial charge in [-0.25, -0.2) is 9.69 Å². The second-order valence-corrected chi connectivity index (χ2v) is 11.5. The smallest absolute Gasteiger partial charge is 0.332 e. The Labute approximate surface area is 250 Å². The number of hydrogen-bond donors (Lipinski definition) is 2. The minimum Gasteiger partial charge on any atom is -0.497 e. The van der Waals surface area contributed by atoms with Gasteiger partial charge in [-0.05, 0) is 85.7 Å². The summed E-state index contributed by atoms with van der Waals surface area (Å²) in [7, 11) is 1.61. The number of ether oxygens (including phenoxy) is 1. The summed E-state index contributed by atoms with van der Waals surface area (Å²) in [5.41, 5.74) is 6.14. The van der Waals surface area contributed by atoms with Gasteiger partial charge in [-0.1, -0.05) is 42.0 Å². The van der Waals surface area contributed by atoms with Crippen LogP contribution in [-0.4, -0.2) is 47.4 Å². The summed E-state index contributed by atoms with van der Waals surface area (Å²) in [5.74, 6) is 0.242. The number of aromatic amines is 1. The van der Waals surface area contributed by atoms with Gasteiger partial charge in [0.1, 0.15) is 17.8 Å². The zero-order valence-corrected chi connectivity index (χ0v) is 24.1. The Morgan fingerprint density at radius 2 is 1.86 bits per heavy atom. The maximum Gasteiger partial charge on any atom is 0.332 e. The summed E-state index contributed by atoms with van der Waals surface area (Å²) in [5, 5.41) is 4.05. The lowest BCUT2D eigenvalue weighted by molar-refractivity contribution is -0.120. The molecule has 8 nitrogen and oxygen atoms in total. The summed E-state index contributed by atoms with van der Waals surface area (Å²) in [4.78, 5) is 47.4. The Kier molecular flexibility index (Phi) is 6.97. The van der Waals surface area contributed by atoms with Crippen molar-refractivity contribution in [1.29, 1.82) is 0 Å². The van der Waals surface area contributed by atoms with Crippen LogP contribution in [0.2, 0.25) is 0 Å². The SMILES string of the molecule is COc1cccc(C2c3[nH]c4ccccc4c3CC3C(=O)N(c4ccc(C(=O)NCCC5=CCCCC5)cc4)C(=O)N32)c1. The van der Waals surface area contributed by atoms with E-state index in [0.717, 1.165) is 47.0 Å². The molecule has 2 N–H and O–H groups in total. The number of carbonyl (C=O) groups excluding carboxylic acids is 3. The molecular formula is C35H34N4O4. The predicted octanol–water partition coefficient (Wildman–Crippen LogP) is 6.28. The molecule has 2 aliphatic heterocycles. The van der Waals surface area contributed by atoms with Crippen molar-refractivity contribution >= 4 is 34.4 Å². The molecule has 0 radical (unpaired) electrons. The van der Waals surface area contributed by atoms with Gasteiger partial charge in [-0.15, -0.1) is 0 Å². The number of urea groups is 1. The lowest BCUT2D eigenvalue weighted by Gasteiger charge is -2.36. The monoisotopic (exact) mass is 574 g/mol. The lowest BCUT2D eigenvalue weighted by Crippen LogP contribution is -2.44. The first-order valence-corrected chi connectivity index (χ1v) is 15.0. The first-order valence-electron chi connectivity index (χ1n) is 15.0. The Morgan fingerprint density at radius 3 is 2.65 bits per heavy atom. The summed E-state index contributed by atoms with van der Waals surface area (Å²) in [6.45, 7) is 0.590. The van der Waals surface area contributed by atoms with E-state index in [4.69, 9.17) is 4.74 Å². The quantitative estimate of drug-likeness (QED) is 0.201. The fraction of sp³-hybridized carbons (Fsp3) is 0.286. The molecule has 43 heavy (non-hydrogen) atoms. The molecule has 0 bridgehead atoms. The number of aromatic nitrogens is 1. The molecule has 7 rings (SSSR count). The summed E-state index contributed by atoms with van der Waals surface area (Å²) >= 11 is 0. The number of nitrogens with one attached hydrogen (secondary N) is 2. The largest absolute Gasteiger partial charge is 0.497 e. The van der Waals surface area contributed by atoms with Crippen LogP contribution in [0.25, 0.3) is 10.9 Å². The Bertz CT molecular complexity index is 1760. The van der Waals surface area contributed by atoms with Crippen LogP contribution in [0, 0.1) is 0 Å². The fourth-order valence-corrected chi connectivity index (χ4v) is 6.80. The van der Waals surface area contributed by atoms with Gasteiger partial charge < -0.3 is 15.0 Å². The van der Waals surface area contributed by atoms with Crippen LogP contribution in [0.1, 0.15) is 65.3 Å². The lowest BCUT2D eigenvalue weighted by atomic mass is 9.89. The van der Waals surface area contributed by atoms with Gasteiger partial charge in [-0.2, -0.15) is 0 Å². The number of fused-ring (bicyclic) bond motifs is 4. The molecule has 1 aromatic heterocycles. The molecule has 8 heteroatoms. The number of H-pyrrole nitrogens is 1. The summed E-state index contributed by atoms with van der Waals surface area (Å²) in [6, 6.07) is 20.9. The van der Waals surface area contributed by atoms with Crippen LogP contribution in [0.5, 0.6) is 5.75 Å². The number of hydrogen-bond acceptors (Lipinski definition) is 4. The van der Waals surface area contributed by atoms with Gasteiger partial charge in [0.05, 0.1) is 12.8 Å². The highest BCUT2D eigenvalue weighted by Crippen LogP contribution is 2.45. The van der Waals surface area contributed by atoms with Gasteiger partial charge in [0, 0.05) is 35.1 Å². The maximum absolute atomic E-state index is 14.1. The number of imide groups is 1. The zero-order valence-electron chi connectivity index (χ0n) is 24.1. The number of para-hydroxylation sites is 1. The number of amides is 4. The van der Waals surface area contributed by atoms with Crippen molar-refractivity contribution in [1.82, 2.24) is 15.2 Å². The van der Waals surface area contributed by atoms with E-state index in [2.05, 4.69) is 22.4 Å². The fourth-order valence-electron chi connectivity index (χ4n) is 6.80. The number of methoxy groups -OCH3 is 1. The molecular weight excluding hydrogens is 540 g/mol. The van der Waals surface area contributed by atoms with Crippen molar-refractivity contribution in [2.45, 2.75) is 50.6 Å². The van der Waals surface area contributed by atoms with E-state index in [9.17, 15) is 14.4 Å². The normalized spacial score (nSPS) is 19.7. The number of rotatable bonds is 7. The molecule has 0 spiro atoms. The molecule has 4 amide bonds. The van der Waals surface area contributed by atoms with E-state index >= 15 is 0 Å².